The van der Waals surface area contributed by atoms with Gasteiger partial charge >= 0.3 is 0 Å². The number of nitrogens with zero attached hydrogens (tertiary/aromatic N) is 2. The molecule has 5 rings (SSSR count). The first-order valence-electron chi connectivity index (χ1n) is 11.5. The van der Waals surface area contributed by atoms with Crippen LogP contribution in [0.25, 0.3) is 0 Å². The number of hydrogen-bond acceptors (Lipinski definition) is 4. The Kier molecular flexibility index (Phi) is 5.48. The summed E-state index contributed by atoms with van der Waals surface area (Å²) in [4.78, 5) is 6.09. The summed E-state index contributed by atoms with van der Waals surface area (Å²) < 4.78 is 15.0. The zero-order valence-electron chi connectivity index (χ0n) is 18.3. The van der Waals surface area contributed by atoms with Crippen LogP contribution >= 0.6 is 0 Å². The van der Waals surface area contributed by atoms with E-state index < -0.39 is 11.1 Å². The third-order valence-corrected chi connectivity index (χ3v) is 7.20. The molecule has 2 fully saturated rings. The largest absolute Gasteiger partial charge is 0.383 e. The van der Waals surface area contributed by atoms with E-state index in [1.807, 2.05) is 59.5 Å². The predicted molar refractivity (Wildman–Crippen MR) is 125 cm³/mol. The number of hydrogen-bond donors (Lipinski definition) is 2. The molecule has 1 aliphatic heterocycles. The molecule has 32 heavy (non-hydrogen) atoms. The van der Waals surface area contributed by atoms with Crippen LogP contribution in [-0.2, 0) is 11.1 Å². The zero-order chi connectivity index (χ0) is 22.2. The molecule has 3 aromatic rings. The molecule has 0 spiro atoms. The minimum absolute atomic E-state index is 0.287. The summed E-state index contributed by atoms with van der Waals surface area (Å²) in [6.07, 6.45) is 8.49. The molecule has 0 bridgehead atoms. The normalized spacial score (nSPS) is 22.7. The van der Waals surface area contributed by atoms with E-state index in [0.29, 0.717) is 25.2 Å². The van der Waals surface area contributed by atoms with Gasteiger partial charge in [0.25, 0.3) is 0 Å². The van der Waals surface area contributed by atoms with Crippen molar-refractivity contribution in [2.75, 3.05) is 18.0 Å². The van der Waals surface area contributed by atoms with Gasteiger partial charge in [-0.15, -0.1) is 0 Å². The summed E-state index contributed by atoms with van der Waals surface area (Å²) >= 11 is 0. The van der Waals surface area contributed by atoms with Crippen molar-refractivity contribution in [2.24, 2.45) is 11.7 Å². The second kappa shape index (κ2) is 8.30. The molecule has 2 atom stereocenters. The van der Waals surface area contributed by atoms with E-state index in [9.17, 15) is 5.11 Å². The third kappa shape index (κ3) is 4.03. The fraction of sp³-hybridized carbons (Fsp3) is 0.370. The molecule has 5 heteroatoms. The van der Waals surface area contributed by atoms with E-state index in [2.05, 4.69) is 4.98 Å². The summed E-state index contributed by atoms with van der Waals surface area (Å²) in [7, 11) is 0. The van der Waals surface area contributed by atoms with Gasteiger partial charge in [0.15, 0.2) is 0 Å². The number of nitrogens with two attached hydrogens (primary N) is 1. The van der Waals surface area contributed by atoms with Crippen molar-refractivity contribution in [2.45, 2.75) is 43.2 Å². The molecule has 2 aliphatic rings. The summed E-state index contributed by atoms with van der Waals surface area (Å²) in [6.45, 7) is 0.937. The zero-order valence-corrected chi connectivity index (χ0v) is 18.3. The lowest BCUT2D eigenvalue weighted by Gasteiger charge is -2.32. The molecule has 0 radical (unpaired) electrons. The van der Waals surface area contributed by atoms with Crippen LogP contribution < -0.4 is 10.6 Å². The molecular weight excluding hydrogens is 401 g/mol. The number of aromatic nitrogens is 1. The van der Waals surface area contributed by atoms with Crippen molar-refractivity contribution in [1.82, 2.24) is 4.98 Å². The van der Waals surface area contributed by atoms with Crippen molar-refractivity contribution >= 4 is 5.69 Å². The molecule has 1 aliphatic carbocycles. The molecular formula is C27H30FN3O. The highest BCUT2D eigenvalue weighted by atomic mass is 19.1. The Morgan fingerprint density at radius 2 is 1.81 bits per heavy atom. The summed E-state index contributed by atoms with van der Waals surface area (Å²) in [5.74, 6) is 0.462. The summed E-state index contributed by atoms with van der Waals surface area (Å²) in [6, 6.07) is 18.8. The van der Waals surface area contributed by atoms with Crippen molar-refractivity contribution in [1.29, 1.82) is 0 Å². The molecule has 1 saturated carbocycles. The standard InChI is InChI=1S/C27H30FN3O/c28-24-9-8-23(27(29,13-10-20-6-7-20)22-11-15-30-16-12-22)18-25(24)31-17-14-26(32,19-31)21-4-2-1-3-5-21/h1-5,8-9,11-12,15-16,18,20,32H,6-7,10,13-14,17,19,29H2/t26-,27?/m1/s1. The van der Waals surface area contributed by atoms with Crippen molar-refractivity contribution in [3.8, 4) is 0 Å². The van der Waals surface area contributed by atoms with Gasteiger partial charge in [0, 0.05) is 18.9 Å². The second-order valence-corrected chi connectivity index (χ2v) is 9.42. The Morgan fingerprint density at radius 3 is 2.53 bits per heavy atom. The molecule has 166 valence electrons. The average molecular weight is 432 g/mol. The van der Waals surface area contributed by atoms with Crippen molar-refractivity contribution < 1.29 is 9.50 Å². The highest BCUT2D eigenvalue weighted by Gasteiger charge is 2.39. The van der Waals surface area contributed by atoms with E-state index in [1.54, 1.807) is 12.4 Å². The quantitative estimate of drug-likeness (QED) is 0.569. The molecule has 0 amide bonds. The molecule has 3 N–H and O–H groups in total. The van der Waals surface area contributed by atoms with Crippen LogP contribution in [0.4, 0.5) is 10.1 Å². The highest BCUT2D eigenvalue weighted by Crippen LogP contribution is 2.42. The van der Waals surface area contributed by atoms with Crippen LogP contribution in [0.15, 0.2) is 73.1 Å². The molecule has 1 aromatic heterocycles. The van der Waals surface area contributed by atoms with E-state index in [-0.39, 0.29) is 5.82 Å². The number of pyridine rings is 1. The Labute approximate surface area is 188 Å². The Bertz CT molecular complexity index is 1070. The Hall–Kier alpha value is -2.76. The van der Waals surface area contributed by atoms with Crippen LogP contribution in [0, 0.1) is 11.7 Å². The number of halogens is 1. The lowest BCUT2D eigenvalue weighted by molar-refractivity contribution is 0.0606. The van der Waals surface area contributed by atoms with Crippen LogP contribution in [0.5, 0.6) is 0 Å². The predicted octanol–water partition coefficient (Wildman–Crippen LogP) is 4.71. The topological polar surface area (TPSA) is 62.4 Å². The van der Waals surface area contributed by atoms with Gasteiger partial charge in [-0.25, -0.2) is 4.39 Å². The fourth-order valence-corrected chi connectivity index (χ4v) is 4.96. The third-order valence-electron chi connectivity index (χ3n) is 7.20. The number of rotatable bonds is 7. The van der Waals surface area contributed by atoms with Gasteiger partial charge in [-0.3, -0.25) is 4.98 Å². The highest BCUT2D eigenvalue weighted by molar-refractivity contribution is 5.55. The molecule has 4 nitrogen and oxygen atoms in total. The average Bonchev–Trinajstić information content (AvgIpc) is 3.58. The van der Waals surface area contributed by atoms with Crippen LogP contribution in [-0.4, -0.2) is 23.2 Å². The smallest absolute Gasteiger partial charge is 0.146 e. The number of aliphatic hydroxyl groups is 1. The number of β-amino-alcohol motifs (C(OH)–C–C–N with tert-alkyl or cyclic N) is 1. The van der Waals surface area contributed by atoms with Gasteiger partial charge in [0.1, 0.15) is 11.4 Å². The van der Waals surface area contributed by atoms with Crippen LogP contribution in [0.2, 0.25) is 0 Å². The number of anilines is 1. The van der Waals surface area contributed by atoms with Gasteiger partial charge < -0.3 is 15.7 Å². The number of benzene rings is 2. The Morgan fingerprint density at radius 1 is 1.06 bits per heavy atom. The van der Waals surface area contributed by atoms with Crippen LogP contribution in [0.3, 0.4) is 0 Å². The lowest BCUT2D eigenvalue weighted by Crippen LogP contribution is -2.38. The van der Waals surface area contributed by atoms with Gasteiger partial charge in [-0.2, -0.15) is 0 Å². The van der Waals surface area contributed by atoms with E-state index in [0.717, 1.165) is 35.4 Å². The van der Waals surface area contributed by atoms with Gasteiger partial charge in [0.05, 0.1) is 17.8 Å². The second-order valence-electron chi connectivity index (χ2n) is 9.42. The van der Waals surface area contributed by atoms with E-state index in [4.69, 9.17) is 5.73 Å². The lowest BCUT2D eigenvalue weighted by atomic mass is 9.79. The molecule has 1 saturated heterocycles. The van der Waals surface area contributed by atoms with Crippen LogP contribution in [0.1, 0.15) is 48.8 Å². The minimum atomic E-state index is -0.986. The monoisotopic (exact) mass is 431 g/mol. The SMILES string of the molecule is NC(CCC1CC1)(c1ccncc1)c1ccc(F)c(N2CC[C@](O)(c3ccccc3)C2)c1. The van der Waals surface area contributed by atoms with Gasteiger partial charge in [-0.1, -0.05) is 49.2 Å². The van der Waals surface area contributed by atoms with Gasteiger partial charge in [0.2, 0.25) is 0 Å². The maximum absolute atomic E-state index is 15.0. The maximum Gasteiger partial charge on any atom is 0.146 e. The van der Waals surface area contributed by atoms with Crippen molar-refractivity contribution in [3.63, 3.8) is 0 Å². The summed E-state index contributed by atoms with van der Waals surface area (Å²) in [5.41, 5.74) is 8.64. The summed E-state index contributed by atoms with van der Waals surface area (Å²) in [5, 5.41) is 11.2. The first-order chi connectivity index (χ1) is 15.5. The van der Waals surface area contributed by atoms with Gasteiger partial charge in [-0.05, 0) is 66.1 Å². The molecule has 2 heterocycles. The first-order valence-corrected chi connectivity index (χ1v) is 11.5. The van der Waals surface area contributed by atoms with Crippen molar-refractivity contribution in [3.05, 3.63) is 95.6 Å². The Balaban J connectivity index is 1.47. The molecule has 2 aromatic carbocycles. The van der Waals surface area contributed by atoms with E-state index in [1.165, 1.54) is 18.9 Å². The first kappa shape index (κ1) is 21.1. The maximum atomic E-state index is 15.0. The minimum Gasteiger partial charge on any atom is -0.383 e. The van der Waals surface area contributed by atoms with E-state index >= 15 is 4.39 Å². The fourth-order valence-electron chi connectivity index (χ4n) is 4.96. The molecule has 1 unspecified atom stereocenters.